The molecule has 0 aliphatic carbocycles. The lowest BCUT2D eigenvalue weighted by molar-refractivity contribution is -0.142. The van der Waals surface area contributed by atoms with Gasteiger partial charge in [-0.15, -0.1) is 0 Å². The molecule has 1 unspecified atom stereocenters. The van der Waals surface area contributed by atoms with E-state index in [-0.39, 0.29) is 19.0 Å². The van der Waals surface area contributed by atoms with Crippen molar-refractivity contribution in [2.45, 2.75) is 58.1 Å². The summed E-state index contributed by atoms with van der Waals surface area (Å²) < 4.78 is 0. The first-order valence-corrected chi connectivity index (χ1v) is 8.70. The molecule has 0 fully saturated rings. The van der Waals surface area contributed by atoms with Gasteiger partial charge in [-0.25, -0.2) is 0 Å². The van der Waals surface area contributed by atoms with E-state index in [1.54, 1.807) is 0 Å². The van der Waals surface area contributed by atoms with E-state index in [4.69, 9.17) is 10.2 Å². The zero-order valence-electron chi connectivity index (χ0n) is 14.6. The van der Waals surface area contributed by atoms with Gasteiger partial charge in [0.2, 0.25) is 5.91 Å². The van der Waals surface area contributed by atoms with E-state index in [0.29, 0.717) is 0 Å². The first-order chi connectivity index (χ1) is 11.5. The molecular weight excluding hydrogens is 312 g/mol. The van der Waals surface area contributed by atoms with E-state index in [9.17, 15) is 14.7 Å². The van der Waals surface area contributed by atoms with Crippen LogP contribution in [0.3, 0.4) is 0 Å². The fourth-order valence-electron chi connectivity index (χ4n) is 2.24. The molecule has 0 spiro atoms. The lowest BCUT2D eigenvalue weighted by Gasteiger charge is -2.24. The normalized spacial score (nSPS) is 12.7. The number of carbonyl (C=O) groups excluding carboxylic acids is 1. The molecule has 24 heavy (non-hydrogen) atoms. The van der Waals surface area contributed by atoms with Crippen LogP contribution in [0.4, 0.5) is 0 Å². The molecule has 0 aliphatic rings. The lowest BCUT2D eigenvalue weighted by atomic mass is 10.1. The maximum atomic E-state index is 11.6. The number of hydrogen-bond acceptors (Lipinski definition) is 5. The topological polar surface area (TPSA) is 110 Å². The van der Waals surface area contributed by atoms with Crippen LogP contribution in [0.5, 0.6) is 0 Å². The molecule has 0 radical (unpaired) electrons. The minimum Gasteiger partial charge on any atom is -0.480 e. The van der Waals surface area contributed by atoms with Crippen molar-refractivity contribution in [1.82, 2.24) is 10.2 Å². The summed E-state index contributed by atoms with van der Waals surface area (Å²) in [7, 11) is 0. The number of unbranched alkanes of at least 4 members (excludes halogenated alkanes) is 6. The molecule has 0 aromatic heterocycles. The predicted octanol–water partition coefficient (Wildman–Crippen LogP) is 1.11. The molecule has 0 heterocycles. The minimum absolute atomic E-state index is 0.144. The van der Waals surface area contributed by atoms with Crippen LogP contribution in [-0.4, -0.2) is 64.6 Å². The van der Waals surface area contributed by atoms with Gasteiger partial charge < -0.3 is 20.6 Å². The molecule has 0 saturated heterocycles. The Morgan fingerprint density at radius 2 is 1.83 bits per heavy atom. The van der Waals surface area contributed by atoms with Crippen LogP contribution >= 0.6 is 0 Å². The number of aliphatic carboxylic acids is 1. The van der Waals surface area contributed by atoms with Crippen molar-refractivity contribution >= 4 is 11.9 Å². The standard InChI is InChI=1S/C17H32N2O5/c1-2-3-4-5-6-7-8-9-10-15(21)18-11-12-19(13-17(23)24)16(22)14-20/h9-10,16,20,22H,2-8,11-14H2,1H3,(H,18,21)(H,23,24)/b10-9+. The van der Waals surface area contributed by atoms with Crippen LogP contribution in [0.2, 0.25) is 0 Å². The highest BCUT2D eigenvalue weighted by molar-refractivity contribution is 5.87. The van der Waals surface area contributed by atoms with E-state index in [1.807, 2.05) is 6.08 Å². The lowest BCUT2D eigenvalue weighted by Crippen LogP contribution is -2.45. The smallest absolute Gasteiger partial charge is 0.317 e. The molecule has 140 valence electrons. The van der Waals surface area contributed by atoms with Crippen molar-refractivity contribution in [3.05, 3.63) is 12.2 Å². The number of aliphatic hydroxyl groups excluding tert-OH is 2. The van der Waals surface area contributed by atoms with Gasteiger partial charge in [-0.1, -0.05) is 45.1 Å². The molecule has 0 rings (SSSR count). The maximum absolute atomic E-state index is 11.6. The van der Waals surface area contributed by atoms with E-state index in [1.165, 1.54) is 43.1 Å². The van der Waals surface area contributed by atoms with Crippen LogP contribution in [0, 0.1) is 0 Å². The SMILES string of the molecule is CCCCCCCC/C=C/C(=O)NCCN(CC(=O)O)C(O)CO. The molecule has 1 atom stereocenters. The Hall–Kier alpha value is -1.44. The number of carboxylic acids is 1. The number of hydrogen-bond donors (Lipinski definition) is 4. The highest BCUT2D eigenvalue weighted by Gasteiger charge is 2.17. The molecule has 0 saturated carbocycles. The van der Waals surface area contributed by atoms with E-state index in [0.717, 1.165) is 12.8 Å². The summed E-state index contributed by atoms with van der Waals surface area (Å²) in [5, 5.41) is 29.7. The van der Waals surface area contributed by atoms with Crippen LogP contribution < -0.4 is 5.32 Å². The maximum Gasteiger partial charge on any atom is 0.317 e. The molecule has 7 heteroatoms. The highest BCUT2D eigenvalue weighted by atomic mass is 16.4. The molecule has 1 amide bonds. The quantitative estimate of drug-likeness (QED) is 0.201. The number of amides is 1. The summed E-state index contributed by atoms with van der Waals surface area (Å²) in [5.74, 6) is -1.34. The number of rotatable bonds is 15. The zero-order chi connectivity index (χ0) is 18.2. The Morgan fingerprint density at radius 3 is 2.46 bits per heavy atom. The highest BCUT2D eigenvalue weighted by Crippen LogP contribution is 2.07. The second-order valence-corrected chi connectivity index (χ2v) is 5.78. The van der Waals surface area contributed by atoms with Crippen molar-refractivity contribution in [2.75, 3.05) is 26.2 Å². The average molecular weight is 344 g/mol. The van der Waals surface area contributed by atoms with Gasteiger partial charge in [0.05, 0.1) is 13.2 Å². The molecule has 0 bridgehead atoms. The second kappa shape index (κ2) is 15.1. The first-order valence-electron chi connectivity index (χ1n) is 8.70. The number of allylic oxidation sites excluding steroid dienone is 1. The Kier molecular flexibility index (Phi) is 14.2. The molecule has 0 aromatic carbocycles. The summed E-state index contributed by atoms with van der Waals surface area (Å²) >= 11 is 0. The second-order valence-electron chi connectivity index (χ2n) is 5.78. The molecular formula is C17H32N2O5. The monoisotopic (exact) mass is 344 g/mol. The van der Waals surface area contributed by atoms with Crippen molar-refractivity contribution in [3.63, 3.8) is 0 Å². The summed E-state index contributed by atoms with van der Waals surface area (Å²) in [5.41, 5.74) is 0. The number of carboxylic acid groups (broad SMARTS) is 1. The summed E-state index contributed by atoms with van der Waals surface area (Å²) in [6, 6.07) is 0. The number of carbonyl (C=O) groups is 2. The average Bonchev–Trinajstić information content (AvgIpc) is 2.55. The van der Waals surface area contributed by atoms with Gasteiger partial charge in [-0.05, 0) is 18.9 Å². The van der Waals surface area contributed by atoms with Crippen molar-refractivity contribution in [3.8, 4) is 0 Å². The molecule has 4 N–H and O–H groups in total. The fraction of sp³-hybridized carbons (Fsp3) is 0.765. The predicted molar refractivity (Wildman–Crippen MR) is 92.4 cm³/mol. The Balaban J connectivity index is 3.82. The van der Waals surface area contributed by atoms with Crippen LogP contribution in [0.1, 0.15) is 51.9 Å². The summed E-state index contributed by atoms with van der Waals surface area (Å²) in [6.07, 6.45) is 10.2. The van der Waals surface area contributed by atoms with Gasteiger partial charge in [0.25, 0.3) is 0 Å². The summed E-state index contributed by atoms with van der Waals surface area (Å²) in [6.45, 7) is 1.58. The van der Waals surface area contributed by atoms with E-state index < -0.39 is 25.3 Å². The number of aliphatic hydroxyl groups is 2. The van der Waals surface area contributed by atoms with E-state index >= 15 is 0 Å². The first kappa shape index (κ1) is 22.6. The van der Waals surface area contributed by atoms with Crippen molar-refractivity contribution < 1.29 is 24.9 Å². The third-order valence-corrected chi connectivity index (χ3v) is 3.61. The minimum atomic E-state index is -1.25. The van der Waals surface area contributed by atoms with Gasteiger partial charge in [0.1, 0.15) is 6.23 Å². The number of nitrogens with zero attached hydrogens (tertiary/aromatic N) is 1. The molecule has 0 aliphatic heterocycles. The summed E-state index contributed by atoms with van der Waals surface area (Å²) in [4.78, 5) is 23.5. The van der Waals surface area contributed by atoms with Gasteiger partial charge in [0, 0.05) is 13.1 Å². The van der Waals surface area contributed by atoms with Crippen molar-refractivity contribution in [2.24, 2.45) is 0 Å². The fourth-order valence-corrected chi connectivity index (χ4v) is 2.24. The Morgan fingerprint density at radius 1 is 1.17 bits per heavy atom. The molecule has 7 nitrogen and oxygen atoms in total. The third-order valence-electron chi connectivity index (χ3n) is 3.61. The zero-order valence-corrected chi connectivity index (χ0v) is 14.6. The van der Waals surface area contributed by atoms with Crippen LogP contribution in [-0.2, 0) is 9.59 Å². The third kappa shape index (κ3) is 13.0. The molecule has 0 aromatic rings. The van der Waals surface area contributed by atoms with Gasteiger partial charge in [-0.3, -0.25) is 14.5 Å². The largest absolute Gasteiger partial charge is 0.480 e. The van der Waals surface area contributed by atoms with Gasteiger partial charge in [0.15, 0.2) is 0 Å². The van der Waals surface area contributed by atoms with Crippen LogP contribution in [0.15, 0.2) is 12.2 Å². The van der Waals surface area contributed by atoms with E-state index in [2.05, 4.69) is 12.2 Å². The van der Waals surface area contributed by atoms with Crippen LogP contribution in [0.25, 0.3) is 0 Å². The van der Waals surface area contributed by atoms with Gasteiger partial charge >= 0.3 is 5.97 Å². The Bertz CT molecular complexity index is 374. The number of nitrogens with one attached hydrogen (secondary N) is 1. The Labute approximate surface area is 144 Å². The van der Waals surface area contributed by atoms with Gasteiger partial charge in [-0.2, -0.15) is 0 Å². The van der Waals surface area contributed by atoms with Crippen molar-refractivity contribution in [1.29, 1.82) is 0 Å².